The lowest BCUT2D eigenvalue weighted by atomic mass is 9.80. The lowest BCUT2D eigenvalue weighted by Crippen LogP contribution is -2.48. The zero-order chi connectivity index (χ0) is 15.3. The smallest absolute Gasteiger partial charge is 0.235 e. The molecule has 3 nitrogen and oxygen atoms in total. The zero-order valence-electron chi connectivity index (χ0n) is 12.1. The van der Waals surface area contributed by atoms with Crippen molar-refractivity contribution >= 4 is 39.0 Å². The van der Waals surface area contributed by atoms with Gasteiger partial charge in [0.2, 0.25) is 5.91 Å². The number of rotatable bonds is 6. The van der Waals surface area contributed by atoms with Gasteiger partial charge in [0, 0.05) is 18.1 Å². The van der Waals surface area contributed by atoms with Crippen molar-refractivity contribution in [1.82, 2.24) is 4.90 Å². The van der Waals surface area contributed by atoms with Crippen LogP contribution in [0.25, 0.3) is 0 Å². The van der Waals surface area contributed by atoms with Gasteiger partial charge in [-0.05, 0) is 24.5 Å². The maximum atomic E-state index is 12.7. The molecule has 5 heteroatoms. The average molecular weight is 357 g/mol. The van der Waals surface area contributed by atoms with E-state index in [1.165, 1.54) is 0 Å². The third-order valence-electron chi connectivity index (χ3n) is 3.80. The minimum absolute atomic E-state index is 0.00856. The SMILES string of the molecule is CCC(CC)(C(=O)N(C)Cc1ccccc1Br)C(N)=S. The quantitative estimate of drug-likeness (QED) is 0.793. The van der Waals surface area contributed by atoms with Crippen LogP contribution in [0, 0.1) is 5.41 Å². The fourth-order valence-electron chi connectivity index (χ4n) is 2.33. The molecule has 2 N–H and O–H groups in total. The Labute approximate surface area is 134 Å². The van der Waals surface area contributed by atoms with Crippen LogP contribution in [0.4, 0.5) is 0 Å². The molecular weight excluding hydrogens is 336 g/mol. The van der Waals surface area contributed by atoms with Crippen LogP contribution in [0.3, 0.4) is 0 Å². The molecule has 0 radical (unpaired) electrons. The van der Waals surface area contributed by atoms with Crippen molar-refractivity contribution in [3.8, 4) is 0 Å². The Bertz CT molecular complexity index is 500. The van der Waals surface area contributed by atoms with Crippen molar-refractivity contribution < 1.29 is 4.79 Å². The number of amides is 1. The molecule has 1 aromatic rings. The predicted octanol–water partition coefficient (Wildman–Crippen LogP) is 3.50. The second-order valence-electron chi connectivity index (χ2n) is 4.91. The predicted molar refractivity (Wildman–Crippen MR) is 90.4 cm³/mol. The molecule has 0 aromatic heterocycles. The molecule has 1 aromatic carbocycles. The first-order chi connectivity index (χ1) is 9.39. The largest absolute Gasteiger partial charge is 0.392 e. The molecule has 0 fully saturated rings. The molecule has 0 aliphatic rings. The van der Waals surface area contributed by atoms with Gasteiger partial charge in [-0.1, -0.05) is 60.2 Å². The van der Waals surface area contributed by atoms with Gasteiger partial charge in [-0.2, -0.15) is 0 Å². The maximum absolute atomic E-state index is 12.7. The van der Waals surface area contributed by atoms with Gasteiger partial charge in [0.1, 0.15) is 0 Å². The van der Waals surface area contributed by atoms with E-state index >= 15 is 0 Å². The summed E-state index contributed by atoms with van der Waals surface area (Å²) in [6.07, 6.45) is 1.25. The fraction of sp³-hybridized carbons (Fsp3) is 0.467. The number of carbonyl (C=O) groups excluding carboxylic acids is 1. The maximum Gasteiger partial charge on any atom is 0.235 e. The van der Waals surface area contributed by atoms with Gasteiger partial charge in [-0.15, -0.1) is 0 Å². The van der Waals surface area contributed by atoms with E-state index in [4.69, 9.17) is 18.0 Å². The van der Waals surface area contributed by atoms with Crippen LogP contribution in [-0.4, -0.2) is 22.8 Å². The van der Waals surface area contributed by atoms with Gasteiger partial charge in [0.25, 0.3) is 0 Å². The highest BCUT2D eigenvalue weighted by molar-refractivity contribution is 9.10. The summed E-state index contributed by atoms with van der Waals surface area (Å²) in [6, 6.07) is 7.87. The van der Waals surface area contributed by atoms with Crippen LogP contribution in [0.1, 0.15) is 32.3 Å². The summed E-state index contributed by atoms with van der Waals surface area (Å²) < 4.78 is 0.994. The third kappa shape index (κ3) is 3.38. The number of thiocarbonyl (C=S) groups is 1. The van der Waals surface area contributed by atoms with Crippen molar-refractivity contribution in [2.24, 2.45) is 11.1 Å². The molecule has 0 spiro atoms. The van der Waals surface area contributed by atoms with Crippen LogP contribution >= 0.6 is 28.1 Å². The molecule has 20 heavy (non-hydrogen) atoms. The van der Waals surface area contributed by atoms with E-state index in [0.717, 1.165) is 10.0 Å². The van der Waals surface area contributed by atoms with E-state index in [0.29, 0.717) is 19.4 Å². The Morgan fingerprint density at radius 2 is 1.90 bits per heavy atom. The molecule has 0 saturated carbocycles. The van der Waals surface area contributed by atoms with Gasteiger partial charge in [0.05, 0.1) is 10.4 Å². The lowest BCUT2D eigenvalue weighted by Gasteiger charge is -2.33. The first-order valence-corrected chi connectivity index (χ1v) is 7.88. The van der Waals surface area contributed by atoms with Gasteiger partial charge in [-0.25, -0.2) is 0 Å². The minimum atomic E-state index is -0.731. The lowest BCUT2D eigenvalue weighted by molar-refractivity contribution is -0.137. The number of halogens is 1. The number of nitrogens with zero attached hydrogens (tertiary/aromatic N) is 1. The number of benzene rings is 1. The van der Waals surface area contributed by atoms with Crippen LogP contribution in [0.2, 0.25) is 0 Å². The molecule has 0 heterocycles. The van der Waals surface area contributed by atoms with E-state index in [2.05, 4.69) is 15.9 Å². The van der Waals surface area contributed by atoms with E-state index < -0.39 is 5.41 Å². The second kappa shape index (κ2) is 7.18. The summed E-state index contributed by atoms with van der Waals surface area (Å²) in [5.74, 6) is -0.00856. The van der Waals surface area contributed by atoms with Crippen LogP contribution < -0.4 is 5.73 Å². The Balaban J connectivity index is 2.96. The summed E-state index contributed by atoms with van der Waals surface area (Å²) in [7, 11) is 1.79. The minimum Gasteiger partial charge on any atom is -0.392 e. The van der Waals surface area contributed by atoms with Gasteiger partial charge in [-0.3, -0.25) is 4.79 Å². The van der Waals surface area contributed by atoms with Gasteiger partial charge >= 0.3 is 0 Å². The topological polar surface area (TPSA) is 46.3 Å². The highest BCUT2D eigenvalue weighted by Gasteiger charge is 2.40. The fourth-order valence-corrected chi connectivity index (χ4v) is 3.11. The van der Waals surface area contributed by atoms with E-state index in [1.807, 2.05) is 38.1 Å². The monoisotopic (exact) mass is 356 g/mol. The Kier molecular flexibility index (Phi) is 6.14. The van der Waals surface area contributed by atoms with Crippen molar-refractivity contribution in [3.63, 3.8) is 0 Å². The zero-order valence-corrected chi connectivity index (χ0v) is 14.6. The molecule has 0 unspecified atom stereocenters. The van der Waals surface area contributed by atoms with Crippen LogP contribution in [0.5, 0.6) is 0 Å². The summed E-state index contributed by atoms with van der Waals surface area (Å²) in [6.45, 7) is 4.43. The van der Waals surface area contributed by atoms with Crippen LogP contribution in [0.15, 0.2) is 28.7 Å². The van der Waals surface area contributed by atoms with E-state index in [9.17, 15) is 4.79 Å². The van der Waals surface area contributed by atoms with Crippen molar-refractivity contribution in [1.29, 1.82) is 0 Å². The summed E-state index contributed by atoms with van der Waals surface area (Å²) in [5, 5.41) is 0. The number of carbonyl (C=O) groups is 1. The van der Waals surface area contributed by atoms with Crippen LogP contribution in [-0.2, 0) is 11.3 Å². The van der Waals surface area contributed by atoms with Crippen molar-refractivity contribution in [2.45, 2.75) is 33.2 Å². The van der Waals surface area contributed by atoms with Crippen molar-refractivity contribution in [2.75, 3.05) is 7.05 Å². The highest BCUT2D eigenvalue weighted by Crippen LogP contribution is 2.30. The normalized spacial score (nSPS) is 11.2. The molecule has 1 rings (SSSR count). The summed E-state index contributed by atoms with van der Waals surface area (Å²) >= 11 is 8.63. The van der Waals surface area contributed by atoms with Gasteiger partial charge in [0.15, 0.2) is 0 Å². The molecule has 1 amide bonds. The van der Waals surface area contributed by atoms with E-state index in [1.54, 1.807) is 11.9 Å². The first-order valence-electron chi connectivity index (χ1n) is 6.68. The average Bonchev–Trinajstić information content (AvgIpc) is 2.42. The molecule has 110 valence electrons. The molecule has 0 aliphatic carbocycles. The third-order valence-corrected chi connectivity index (χ3v) is 4.96. The highest BCUT2D eigenvalue weighted by atomic mass is 79.9. The number of nitrogens with two attached hydrogens (primary N) is 1. The molecular formula is C15H21BrN2OS. The van der Waals surface area contributed by atoms with Gasteiger partial charge < -0.3 is 10.6 Å². The molecule has 0 aliphatic heterocycles. The van der Waals surface area contributed by atoms with E-state index in [-0.39, 0.29) is 10.9 Å². The summed E-state index contributed by atoms with van der Waals surface area (Å²) in [4.78, 5) is 14.7. The Hall–Kier alpha value is -0.940. The number of hydrogen-bond donors (Lipinski definition) is 1. The molecule has 0 saturated heterocycles. The first kappa shape index (κ1) is 17.1. The number of hydrogen-bond acceptors (Lipinski definition) is 2. The Morgan fingerprint density at radius 1 is 1.35 bits per heavy atom. The summed E-state index contributed by atoms with van der Waals surface area (Å²) in [5.41, 5.74) is 6.16. The standard InChI is InChI=1S/C15H21BrN2OS/c1-4-15(5-2,13(17)20)14(19)18(3)10-11-8-6-7-9-12(11)16/h6-9H,4-5,10H2,1-3H3,(H2,17,20). The molecule has 0 atom stereocenters. The van der Waals surface area contributed by atoms with Crippen molar-refractivity contribution in [3.05, 3.63) is 34.3 Å². The second-order valence-corrected chi connectivity index (χ2v) is 6.20. The molecule has 0 bridgehead atoms. The Morgan fingerprint density at radius 3 is 2.35 bits per heavy atom.